The maximum absolute atomic E-state index is 11.8. The van der Waals surface area contributed by atoms with Crippen LogP contribution in [0.4, 0.5) is 0 Å². The molecule has 2 heterocycles. The number of thiazole rings is 1. The second-order valence-corrected chi connectivity index (χ2v) is 4.98. The number of nitrogens with one attached hydrogen (secondary N) is 3. The summed E-state index contributed by atoms with van der Waals surface area (Å²) in [4.78, 5) is 19.1. The van der Waals surface area contributed by atoms with Crippen LogP contribution in [-0.2, 0) is 0 Å². The largest absolute Gasteiger partial charge is 0.357 e. The Morgan fingerprint density at radius 1 is 1.50 bits per heavy atom. The van der Waals surface area contributed by atoms with E-state index in [-0.39, 0.29) is 5.91 Å². The summed E-state index contributed by atoms with van der Waals surface area (Å²) in [5.74, 6) is -0.0940. The first kappa shape index (κ1) is 12.8. The Hall–Kier alpha value is -1.66. The normalized spacial score (nSPS) is 10.6. The molecule has 2 aromatic heterocycles. The fourth-order valence-electron chi connectivity index (χ4n) is 1.57. The first-order chi connectivity index (χ1) is 8.70. The molecule has 0 unspecified atom stereocenters. The molecule has 3 N–H and O–H groups in total. The lowest BCUT2D eigenvalue weighted by atomic mass is 10.2. The number of likely N-dealkylation sites (N-methyl/N-ethyl adjacent to an activating group) is 1. The monoisotopic (exact) mass is 264 g/mol. The van der Waals surface area contributed by atoms with Crippen LogP contribution in [-0.4, -0.2) is 36.0 Å². The van der Waals surface area contributed by atoms with Crippen molar-refractivity contribution in [2.45, 2.75) is 6.92 Å². The van der Waals surface area contributed by atoms with Gasteiger partial charge in [0.15, 0.2) is 0 Å². The number of hydrogen-bond acceptors (Lipinski definition) is 4. The maximum atomic E-state index is 11.8. The number of aromatic amines is 1. The number of amides is 1. The highest BCUT2D eigenvalue weighted by Crippen LogP contribution is 2.22. The van der Waals surface area contributed by atoms with Crippen LogP contribution in [0.25, 0.3) is 11.3 Å². The number of aromatic nitrogens is 2. The fourth-order valence-corrected chi connectivity index (χ4v) is 2.19. The Kier molecular flexibility index (Phi) is 4.11. The van der Waals surface area contributed by atoms with Gasteiger partial charge in [0.2, 0.25) is 0 Å². The molecular weight excluding hydrogens is 248 g/mol. The Bertz CT molecular complexity index is 532. The Balaban J connectivity index is 2.04. The van der Waals surface area contributed by atoms with Gasteiger partial charge in [0.1, 0.15) is 5.69 Å². The standard InChI is InChI=1S/C12H16N4OS/c1-8-16-11(7-18-8)9-5-10(15-6-9)12(17)14-4-3-13-2/h5-7,13,15H,3-4H2,1-2H3,(H,14,17). The lowest BCUT2D eigenvalue weighted by molar-refractivity contribution is 0.0950. The van der Waals surface area contributed by atoms with Gasteiger partial charge in [0.05, 0.1) is 10.7 Å². The van der Waals surface area contributed by atoms with Gasteiger partial charge in [-0.25, -0.2) is 4.98 Å². The number of rotatable bonds is 5. The topological polar surface area (TPSA) is 69.8 Å². The minimum absolute atomic E-state index is 0.0940. The Morgan fingerprint density at radius 3 is 3.00 bits per heavy atom. The van der Waals surface area contributed by atoms with Crippen molar-refractivity contribution in [3.8, 4) is 11.3 Å². The summed E-state index contributed by atoms with van der Waals surface area (Å²) in [5.41, 5.74) is 2.41. The number of aryl methyl sites for hydroxylation is 1. The zero-order valence-electron chi connectivity index (χ0n) is 10.4. The third kappa shape index (κ3) is 2.96. The molecule has 2 rings (SSSR count). The molecule has 96 valence electrons. The van der Waals surface area contributed by atoms with Crippen molar-refractivity contribution in [2.24, 2.45) is 0 Å². The summed E-state index contributed by atoms with van der Waals surface area (Å²) in [6, 6.07) is 1.82. The van der Waals surface area contributed by atoms with Crippen LogP contribution in [0, 0.1) is 6.92 Å². The summed E-state index contributed by atoms with van der Waals surface area (Å²) in [7, 11) is 1.85. The second kappa shape index (κ2) is 5.79. The molecule has 0 spiro atoms. The molecule has 0 radical (unpaired) electrons. The van der Waals surface area contributed by atoms with Crippen molar-refractivity contribution >= 4 is 17.2 Å². The van der Waals surface area contributed by atoms with Gasteiger partial charge in [-0.05, 0) is 20.0 Å². The number of H-pyrrole nitrogens is 1. The molecule has 0 aliphatic heterocycles. The van der Waals surface area contributed by atoms with Crippen LogP contribution < -0.4 is 10.6 Å². The van der Waals surface area contributed by atoms with Crippen LogP contribution in [0.5, 0.6) is 0 Å². The molecule has 0 aliphatic rings. The fraction of sp³-hybridized carbons (Fsp3) is 0.333. The summed E-state index contributed by atoms with van der Waals surface area (Å²) in [6.45, 7) is 3.33. The van der Waals surface area contributed by atoms with E-state index < -0.39 is 0 Å². The van der Waals surface area contributed by atoms with Gasteiger partial charge in [-0.2, -0.15) is 0 Å². The van der Waals surface area contributed by atoms with E-state index in [0.717, 1.165) is 22.8 Å². The second-order valence-electron chi connectivity index (χ2n) is 3.91. The molecule has 2 aromatic rings. The lowest BCUT2D eigenvalue weighted by Gasteiger charge is -2.01. The smallest absolute Gasteiger partial charge is 0.267 e. The van der Waals surface area contributed by atoms with E-state index in [1.54, 1.807) is 11.3 Å². The highest BCUT2D eigenvalue weighted by Gasteiger charge is 2.10. The molecule has 0 fully saturated rings. The Labute approximate surface area is 110 Å². The third-order valence-corrected chi connectivity index (χ3v) is 3.28. The summed E-state index contributed by atoms with van der Waals surface area (Å²) in [6.07, 6.45) is 1.81. The number of carbonyl (C=O) groups excluding carboxylic acids is 1. The predicted octanol–water partition coefficient (Wildman–Crippen LogP) is 1.40. The van der Waals surface area contributed by atoms with Gasteiger partial charge < -0.3 is 15.6 Å². The predicted molar refractivity (Wildman–Crippen MR) is 72.9 cm³/mol. The van der Waals surface area contributed by atoms with Crippen molar-refractivity contribution in [3.05, 3.63) is 28.3 Å². The van der Waals surface area contributed by atoms with Crippen molar-refractivity contribution in [2.75, 3.05) is 20.1 Å². The van der Waals surface area contributed by atoms with Crippen LogP contribution in [0.1, 0.15) is 15.5 Å². The highest BCUT2D eigenvalue weighted by atomic mass is 32.1. The molecule has 6 heteroatoms. The molecular formula is C12H16N4OS. The highest BCUT2D eigenvalue weighted by molar-refractivity contribution is 7.09. The molecule has 18 heavy (non-hydrogen) atoms. The maximum Gasteiger partial charge on any atom is 0.267 e. The van der Waals surface area contributed by atoms with Crippen molar-refractivity contribution in [1.29, 1.82) is 0 Å². The average Bonchev–Trinajstić information content (AvgIpc) is 2.97. The number of hydrogen-bond donors (Lipinski definition) is 3. The van der Waals surface area contributed by atoms with E-state index in [2.05, 4.69) is 20.6 Å². The molecule has 0 atom stereocenters. The Morgan fingerprint density at radius 2 is 2.33 bits per heavy atom. The van der Waals surface area contributed by atoms with Gasteiger partial charge in [0.25, 0.3) is 5.91 Å². The summed E-state index contributed by atoms with van der Waals surface area (Å²) >= 11 is 1.60. The van der Waals surface area contributed by atoms with Crippen molar-refractivity contribution < 1.29 is 4.79 Å². The molecule has 0 aromatic carbocycles. The van der Waals surface area contributed by atoms with E-state index in [4.69, 9.17) is 0 Å². The lowest BCUT2D eigenvalue weighted by Crippen LogP contribution is -2.30. The summed E-state index contributed by atoms with van der Waals surface area (Å²) in [5, 5.41) is 8.80. The number of carbonyl (C=O) groups is 1. The molecule has 0 saturated heterocycles. The first-order valence-electron chi connectivity index (χ1n) is 5.74. The van der Waals surface area contributed by atoms with E-state index in [0.29, 0.717) is 12.2 Å². The van der Waals surface area contributed by atoms with Crippen molar-refractivity contribution in [1.82, 2.24) is 20.6 Å². The zero-order chi connectivity index (χ0) is 13.0. The van der Waals surface area contributed by atoms with Crippen LogP contribution in [0.15, 0.2) is 17.6 Å². The van der Waals surface area contributed by atoms with Gasteiger partial charge in [-0.15, -0.1) is 11.3 Å². The molecule has 0 aliphatic carbocycles. The third-order valence-electron chi connectivity index (χ3n) is 2.50. The van der Waals surface area contributed by atoms with E-state index in [1.165, 1.54) is 0 Å². The van der Waals surface area contributed by atoms with Gasteiger partial charge in [-0.3, -0.25) is 4.79 Å². The molecule has 0 saturated carbocycles. The van der Waals surface area contributed by atoms with Gasteiger partial charge in [-0.1, -0.05) is 0 Å². The average molecular weight is 264 g/mol. The van der Waals surface area contributed by atoms with Crippen LogP contribution >= 0.6 is 11.3 Å². The van der Waals surface area contributed by atoms with Gasteiger partial charge >= 0.3 is 0 Å². The van der Waals surface area contributed by atoms with Crippen LogP contribution in [0.2, 0.25) is 0 Å². The van der Waals surface area contributed by atoms with Crippen molar-refractivity contribution in [3.63, 3.8) is 0 Å². The minimum Gasteiger partial charge on any atom is -0.357 e. The summed E-state index contributed by atoms with van der Waals surface area (Å²) < 4.78 is 0. The van der Waals surface area contributed by atoms with E-state index >= 15 is 0 Å². The number of nitrogens with zero attached hydrogens (tertiary/aromatic N) is 1. The quantitative estimate of drug-likeness (QED) is 0.715. The first-order valence-corrected chi connectivity index (χ1v) is 6.62. The molecule has 1 amide bonds. The van der Waals surface area contributed by atoms with E-state index in [1.807, 2.05) is 31.6 Å². The molecule has 0 bridgehead atoms. The SMILES string of the molecule is CNCCNC(=O)c1cc(-c2csc(C)n2)c[nH]1. The van der Waals surface area contributed by atoms with Gasteiger partial charge in [0, 0.05) is 30.2 Å². The van der Waals surface area contributed by atoms with Crippen LogP contribution in [0.3, 0.4) is 0 Å². The molecule has 5 nitrogen and oxygen atoms in total. The van der Waals surface area contributed by atoms with E-state index in [9.17, 15) is 4.79 Å². The zero-order valence-corrected chi connectivity index (χ0v) is 11.2. The minimum atomic E-state index is -0.0940.